The smallest absolute Gasteiger partial charge is 0.0782 e. The maximum absolute atomic E-state index is 6.38. The molecule has 0 unspecified atom stereocenters. The fourth-order valence-electron chi connectivity index (χ4n) is 3.14. The van der Waals surface area contributed by atoms with Crippen molar-refractivity contribution in [3.63, 3.8) is 0 Å². The molecule has 2 saturated carbocycles. The van der Waals surface area contributed by atoms with Crippen molar-refractivity contribution in [3.8, 4) is 0 Å². The summed E-state index contributed by atoms with van der Waals surface area (Å²) in [6, 6.07) is 0. The van der Waals surface area contributed by atoms with Gasteiger partial charge in [0.05, 0.1) is 11.7 Å². The predicted molar refractivity (Wildman–Crippen MR) is 76.7 cm³/mol. The molecule has 0 aromatic heterocycles. The molecular weight excluding hydrogens is 276 g/mol. The number of alkyl halides is 1. The molecule has 0 aromatic carbocycles. The Morgan fingerprint density at radius 1 is 1.12 bits per heavy atom. The third-order valence-corrected chi connectivity index (χ3v) is 5.86. The van der Waals surface area contributed by atoms with E-state index >= 15 is 0 Å². The Morgan fingerprint density at radius 2 is 1.71 bits per heavy atom. The lowest BCUT2D eigenvalue weighted by atomic mass is 9.68. The summed E-state index contributed by atoms with van der Waals surface area (Å²) in [4.78, 5) is 0. The molecule has 0 saturated heterocycles. The zero-order valence-electron chi connectivity index (χ0n) is 11.6. The van der Waals surface area contributed by atoms with Gasteiger partial charge >= 0.3 is 0 Å². The molecular formula is C15H27BrO. The second kappa shape index (κ2) is 5.21. The highest BCUT2D eigenvalue weighted by Crippen LogP contribution is 2.45. The number of ether oxygens (including phenoxy) is 1. The summed E-state index contributed by atoms with van der Waals surface area (Å²) < 4.78 is 6.38. The van der Waals surface area contributed by atoms with E-state index < -0.39 is 0 Å². The summed E-state index contributed by atoms with van der Waals surface area (Å²) in [5, 5.41) is 1.02. The second-order valence-corrected chi connectivity index (χ2v) is 7.69. The predicted octanol–water partition coefficient (Wildman–Crippen LogP) is 4.93. The molecule has 0 heterocycles. The van der Waals surface area contributed by atoms with Crippen LogP contribution in [-0.4, -0.2) is 17.0 Å². The normalized spacial score (nSPS) is 35.6. The minimum absolute atomic E-state index is 0.160. The van der Waals surface area contributed by atoms with Gasteiger partial charge in [0.1, 0.15) is 0 Å². The third-order valence-electron chi connectivity index (χ3n) is 4.83. The van der Waals surface area contributed by atoms with Gasteiger partial charge < -0.3 is 4.74 Å². The van der Waals surface area contributed by atoms with Crippen molar-refractivity contribution in [2.45, 2.75) is 77.4 Å². The molecule has 100 valence electrons. The van der Waals surface area contributed by atoms with Crippen molar-refractivity contribution < 1.29 is 4.74 Å². The molecule has 2 fully saturated rings. The van der Waals surface area contributed by atoms with Crippen LogP contribution in [0.1, 0.15) is 65.7 Å². The minimum atomic E-state index is 0.160. The minimum Gasteiger partial charge on any atom is -0.371 e. The van der Waals surface area contributed by atoms with Gasteiger partial charge in [0, 0.05) is 5.33 Å². The lowest BCUT2D eigenvalue weighted by Crippen LogP contribution is -2.45. The van der Waals surface area contributed by atoms with Crippen LogP contribution in [-0.2, 0) is 4.74 Å². The van der Waals surface area contributed by atoms with Crippen molar-refractivity contribution in [2.24, 2.45) is 11.3 Å². The first-order chi connectivity index (χ1) is 7.95. The molecule has 0 atom stereocenters. The zero-order chi connectivity index (χ0) is 12.5. The largest absolute Gasteiger partial charge is 0.371 e. The molecule has 0 bridgehead atoms. The van der Waals surface area contributed by atoms with Gasteiger partial charge in [0.2, 0.25) is 0 Å². The Balaban J connectivity index is 1.89. The summed E-state index contributed by atoms with van der Waals surface area (Å²) in [6.45, 7) is 7.14. The Kier molecular flexibility index (Phi) is 4.24. The number of rotatable bonds is 3. The maximum atomic E-state index is 6.38. The Bertz CT molecular complexity index is 244. The van der Waals surface area contributed by atoms with E-state index in [0.29, 0.717) is 11.5 Å². The highest BCUT2D eigenvalue weighted by Gasteiger charge is 2.41. The molecule has 1 nitrogen and oxygen atoms in total. The van der Waals surface area contributed by atoms with E-state index in [9.17, 15) is 0 Å². The van der Waals surface area contributed by atoms with Gasteiger partial charge in [-0.15, -0.1) is 0 Å². The fourth-order valence-corrected chi connectivity index (χ4v) is 3.83. The molecule has 2 aliphatic rings. The summed E-state index contributed by atoms with van der Waals surface area (Å²) in [5.74, 6) is 0.875. The van der Waals surface area contributed by atoms with Crippen LogP contribution in [0.15, 0.2) is 0 Å². The Morgan fingerprint density at radius 3 is 2.06 bits per heavy atom. The molecule has 0 N–H and O–H groups in total. The van der Waals surface area contributed by atoms with E-state index in [4.69, 9.17) is 4.74 Å². The van der Waals surface area contributed by atoms with Crippen molar-refractivity contribution in [1.82, 2.24) is 0 Å². The summed E-state index contributed by atoms with van der Waals surface area (Å²) in [6.07, 6.45) is 9.68. The monoisotopic (exact) mass is 302 g/mol. The topological polar surface area (TPSA) is 9.23 Å². The van der Waals surface area contributed by atoms with E-state index in [0.717, 1.165) is 11.2 Å². The first-order valence-corrected chi connectivity index (χ1v) is 8.31. The zero-order valence-corrected chi connectivity index (χ0v) is 13.2. The molecule has 0 aromatic rings. The average Bonchev–Trinajstić information content (AvgIpc) is 2.23. The molecule has 0 aliphatic heterocycles. The second-order valence-electron chi connectivity index (χ2n) is 7.13. The lowest BCUT2D eigenvalue weighted by molar-refractivity contribution is -0.133. The molecule has 2 aliphatic carbocycles. The van der Waals surface area contributed by atoms with Crippen LogP contribution in [0.3, 0.4) is 0 Å². The van der Waals surface area contributed by atoms with Crippen molar-refractivity contribution in [1.29, 1.82) is 0 Å². The highest BCUT2D eigenvalue weighted by molar-refractivity contribution is 9.09. The third kappa shape index (κ3) is 3.26. The molecule has 0 amide bonds. The van der Waals surface area contributed by atoms with Gasteiger partial charge in [-0.2, -0.15) is 0 Å². The summed E-state index contributed by atoms with van der Waals surface area (Å²) in [7, 11) is 0. The first kappa shape index (κ1) is 13.9. The van der Waals surface area contributed by atoms with Crippen LogP contribution >= 0.6 is 15.9 Å². The van der Waals surface area contributed by atoms with Gasteiger partial charge in [-0.25, -0.2) is 0 Å². The van der Waals surface area contributed by atoms with E-state index in [1.807, 2.05) is 0 Å². The van der Waals surface area contributed by atoms with Gasteiger partial charge in [-0.05, 0) is 56.3 Å². The van der Waals surface area contributed by atoms with Crippen molar-refractivity contribution in [2.75, 3.05) is 5.33 Å². The van der Waals surface area contributed by atoms with Gasteiger partial charge in [-0.1, -0.05) is 36.7 Å². The summed E-state index contributed by atoms with van der Waals surface area (Å²) in [5.41, 5.74) is 0.627. The van der Waals surface area contributed by atoms with Crippen LogP contribution in [0.25, 0.3) is 0 Å². The lowest BCUT2D eigenvalue weighted by Gasteiger charge is -2.46. The van der Waals surface area contributed by atoms with Crippen LogP contribution in [0, 0.1) is 11.3 Å². The van der Waals surface area contributed by atoms with Gasteiger partial charge in [-0.3, -0.25) is 0 Å². The first-order valence-electron chi connectivity index (χ1n) is 7.19. The standard InChI is InChI=1S/C15H27BrO/c1-14(2,3)12-7-9-15(11-16,10-8-12)17-13-5-4-6-13/h12-13H,4-11H2,1-3H3. The number of hydrogen-bond donors (Lipinski definition) is 0. The quantitative estimate of drug-likeness (QED) is 0.672. The molecule has 2 rings (SSSR count). The van der Waals surface area contributed by atoms with E-state index in [2.05, 4.69) is 36.7 Å². The maximum Gasteiger partial charge on any atom is 0.0782 e. The van der Waals surface area contributed by atoms with Crippen molar-refractivity contribution in [3.05, 3.63) is 0 Å². The fraction of sp³-hybridized carbons (Fsp3) is 1.00. The molecule has 17 heavy (non-hydrogen) atoms. The van der Waals surface area contributed by atoms with Gasteiger partial charge in [0.15, 0.2) is 0 Å². The summed E-state index contributed by atoms with van der Waals surface area (Å²) >= 11 is 3.70. The van der Waals surface area contributed by atoms with Crippen LogP contribution < -0.4 is 0 Å². The molecule has 0 radical (unpaired) electrons. The highest BCUT2D eigenvalue weighted by atomic mass is 79.9. The van der Waals surface area contributed by atoms with Crippen LogP contribution in [0.2, 0.25) is 0 Å². The molecule has 2 heteroatoms. The number of halogens is 1. The SMILES string of the molecule is CC(C)(C)C1CCC(CBr)(OC2CCC2)CC1. The van der Waals surface area contributed by atoms with Gasteiger partial charge in [0.25, 0.3) is 0 Å². The van der Waals surface area contributed by atoms with E-state index in [-0.39, 0.29) is 5.60 Å². The number of hydrogen-bond acceptors (Lipinski definition) is 1. The van der Waals surface area contributed by atoms with E-state index in [1.165, 1.54) is 44.9 Å². The average molecular weight is 303 g/mol. The molecule has 0 spiro atoms. The van der Waals surface area contributed by atoms with E-state index in [1.54, 1.807) is 0 Å². The van der Waals surface area contributed by atoms with Crippen LogP contribution in [0.4, 0.5) is 0 Å². The van der Waals surface area contributed by atoms with Crippen molar-refractivity contribution >= 4 is 15.9 Å². The Hall–Kier alpha value is 0.440. The Labute approximate surface area is 115 Å². The van der Waals surface area contributed by atoms with Crippen LogP contribution in [0.5, 0.6) is 0 Å².